The van der Waals surface area contributed by atoms with Gasteiger partial charge < -0.3 is 14.9 Å². The van der Waals surface area contributed by atoms with Crippen LogP contribution in [0.4, 0.5) is 16.3 Å². The van der Waals surface area contributed by atoms with Crippen LogP contribution in [0.3, 0.4) is 0 Å². The van der Waals surface area contributed by atoms with Crippen LogP contribution in [-0.4, -0.2) is 26.4 Å². The van der Waals surface area contributed by atoms with Crippen molar-refractivity contribution in [2.24, 2.45) is 0 Å². The van der Waals surface area contributed by atoms with Crippen molar-refractivity contribution < 1.29 is 14.5 Å². The van der Waals surface area contributed by atoms with Gasteiger partial charge in [0.15, 0.2) is 0 Å². The molecule has 23 heavy (non-hydrogen) atoms. The lowest BCUT2D eigenvalue weighted by atomic mass is 10.2. The van der Waals surface area contributed by atoms with Crippen LogP contribution in [0.1, 0.15) is 20.8 Å². The van der Waals surface area contributed by atoms with Crippen molar-refractivity contribution in [3.05, 3.63) is 45.0 Å². The van der Waals surface area contributed by atoms with Crippen molar-refractivity contribution in [2.45, 2.75) is 26.4 Å². The SMILES string of the molecule is CC(C)(C)OC(=O)Nc1ccc(-n2cc(Br)c([N+](=O)[O-])n2)cc1. The van der Waals surface area contributed by atoms with Gasteiger partial charge in [0.25, 0.3) is 0 Å². The number of hydrogen-bond donors (Lipinski definition) is 1. The third kappa shape index (κ3) is 4.52. The largest absolute Gasteiger partial charge is 0.444 e. The van der Waals surface area contributed by atoms with E-state index in [0.29, 0.717) is 15.8 Å². The molecule has 0 aliphatic rings. The molecule has 0 unspecified atom stereocenters. The minimum Gasteiger partial charge on any atom is -0.444 e. The zero-order chi connectivity index (χ0) is 17.2. The van der Waals surface area contributed by atoms with Crippen LogP contribution in [0.5, 0.6) is 0 Å². The minimum absolute atomic E-state index is 0.263. The summed E-state index contributed by atoms with van der Waals surface area (Å²) in [5.41, 5.74) is 0.585. The standard InChI is InChI=1S/C14H15BrN4O4/c1-14(2,3)23-13(20)16-9-4-6-10(7-5-9)18-8-11(15)12(17-18)19(21)22/h4-8H,1-3H3,(H,16,20). The normalized spacial score (nSPS) is 11.1. The molecule has 0 aliphatic heterocycles. The molecule has 9 heteroatoms. The van der Waals surface area contributed by atoms with Crippen LogP contribution in [0.15, 0.2) is 34.9 Å². The first-order valence-corrected chi connectivity index (χ1v) is 7.45. The number of hydrogen-bond acceptors (Lipinski definition) is 5. The number of nitrogens with one attached hydrogen (secondary N) is 1. The molecule has 1 N–H and O–H groups in total. The van der Waals surface area contributed by atoms with Crippen LogP contribution in [0.2, 0.25) is 0 Å². The molecule has 0 spiro atoms. The molecule has 0 saturated carbocycles. The van der Waals surface area contributed by atoms with Gasteiger partial charge in [-0.1, -0.05) is 0 Å². The lowest BCUT2D eigenvalue weighted by Gasteiger charge is -2.19. The highest BCUT2D eigenvalue weighted by molar-refractivity contribution is 9.10. The number of ether oxygens (including phenoxy) is 1. The molecule has 0 saturated heterocycles. The number of benzene rings is 1. The van der Waals surface area contributed by atoms with Crippen LogP contribution < -0.4 is 5.32 Å². The number of carbonyl (C=O) groups excluding carboxylic acids is 1. The predicted molar refractivity (Wildman–Crippen MR) is 87.8 cm³/mol. The van der Waals surface area contributed by atoms with Gasteiger partial charge in [-0.05, 0) is 65.9 Å². The number of amides is 1. The van der Waals surface area contributed by atoms with Gasteiger partial charge in [0.2, 0.25) is 0 Å². The topological polar surface area (TPSA) is 99.3 Å². The van der Waals surface area contributed by atoms with E-state index < -0.39 is 16.6 Å². The summed E-state index contributed by atoms with van der Waals surface area (Å²) in [4.78, 5) is 21.9. The average molecular weight is 383 g/mol. The molecule has 0 atom stereocenters. The molecule has 0 fully saturated rings. The smallest absolute Gasteiger partial charge is 0.412 e. The summed E-state index contributed by atoms with van der Waals surface area (Å²) in [6.45, 7) is 5.33. The van der Waals surface area contributed by atoms with Gasteiger partial charge in [0, 0.05) is 5.69 Å². The summed E-state index contributed by atoms with van der Waals surface area (Å²) in [5.74, 6) is -0.263. The number of nitrogens with zero attached hydrogens (tertiary/aromatic N) is 3. The van der Waals surface area contributed by atoms with E-state index in [4.69, 9.17) is 4.74 Å². The first kappa shape index (κ1) is 16.9. The third-order valence-corrected chi connectivity index (χ3v) is 3.16. The Labute approximate surface area is 140 Å². The highest BCUT2D eigenvalue weighted by Gasteiger charge is 2.19. The van der Waals surface area contributed by atoms with Crippen LogP contribution in [0.25, 0.3) is 5.69 Å². The molecule has 1 aromatic heterocycles. The first-order valence-electron chi connectivity index (χ1n) is 6.66. The summed E-state index contributed by atoms with van der Waals surface area (Å²) in [6.07, 6.45) is 0.941. The Kier molecular flexibility index (Phi) is 4.69. The van der Waals surface area contributed by atoms with E-state index >= 15 is 0 Å². The highest BCUT2D eigenvalue weighted by atomic mass is 79.9. The maximum absolute atomic E-state index is 11.7. The molecule has 0 bridgehead atoms. The van der Waals surface area contributed by atoms with Crippen LogP contribution in [-0.2, 0) is 4.74 Å². The second-order valence-corrected chi connectivity index (χ2v) is 6.53. The molecule has 8 nitrogen and oxygen atoms in total. The van der Waals surface area contributed by atoms with Gasteiger partial charge in [0.1, 0.15) is 10.1 Å². The molecule has 122 valence electrons. The Morgan fingerprint density at radius 2 is 1.96 bits per heavy atom. The second kappa shape index (κ2) is 6.37. The summed E-state index contributed by atoms with van der Waals surface area (Å²) in [6, 6.07) is 6.66. The van der Waals surface area contributed by atoms with Gasteiger partial charge in [-0.15, -0.1) is 4.68 Å². The quantitative estimate of drug-likeness (QED) is 0.640. The molecule has 2 rings (SSSR count). The van der Waals surface area contributed by atoms with Crippen LogP contribution >= 0.6 is 15.9 Å². The monoisotopic (exact) mass is 382 g/mol. The number of rotatable bonds is 3. The molecule has 1 aromatic carbocycles. The summed E-state index contributed by atoms with van der Waals surface area (Å²) >= 11 is 3.09. The zero-order valence-electron chi connectivity index (χ0n) is 12.7. The van der Waals surface area contributed by atoms with Gasteiger partial charge >= 0.3 is 11.9 Å². The number of nitro groups is 1. The predicted octanol–water partition coefficient (Wildman–Crippen LogP) is 3.89. The molecule has 1 heterocycles. The van der Waals surface area contributed by atoms with E-state index in [2.05, 4.69) is 26.3 Å². The van der Waals surface area contributed by atoms with Crippen molar-refractivity contribution in [3.8, 4) is 5.69 Å². The number of carbonyl (C=O) groups is 1. The number of halogens is 1. The van der Waals surface area contributed by atoms with Gasteiger partial charge in [-0.3, -0.25) is 5.32 Å². The Morgan fingerprint density at radius 3 is 2.43 bits per heavy atom. The van der Waals surface area contributed by atoms with E-state index in [1.165, 1.54) is 10.9 Å². The first-order chi connectivity index (χ1) is 10.7. The molecule has 2 aromatic rings. The van der Waals surface area contributed by atoms with Gasteiger partial charge in [-0.2, -0.15) is 0 Å². The van der Waals surface area contributed by atoms with E-state index in [-0.39, 0.29) is 5.82 Å². The highest BCUT2D eigenvalue weighted by Crippen LogP contribution is 2.24. The fraction of sp³-hybridized carbons (Fsp3) is 0.286. The van der Waals surface area contributed by atoms with E-state index in [1.54, 1.807) is 45.0 Å². The Balaban J connectivity index is 2.12. The Bertz CT molecular complexity index is 734. The molecular weight excluding hydrogens is 368 g/mol. The van der Waals surface area contributed by atoms with Crippen molar-refractivity contribution >= 4 is 33.5 Å². The van der Waals surface area contributed by atoms with Gasteiger partial charge in [-0.25, -0.2) is 4.79 Å². The lowest BCUT2D eigenvalue weighted by molar-refractivity contribution is -0.390. The second-order valence-electron chi connectivity index (χ2n) is 5.68. The van der Waals surface area contributed by atoms with Crippen molar-refractivity contribution in [2.75, 3.05) is 5.32 Å². The Hall–Kier alpha value is -2.42. The van der Waals surface area contributed by atoms with Gasteiger partial charge in [0.05, 0.1) is 17.0 Å². The molecule has 0 radical (unpaired) electrons. The molecular formula is C14H15BrN4O4. The summed E-state index contributed by atoms with van der Waals surface area (Å²) in [5, 5.41) is 17.3. The third-order valence-electron chi connectivity index (χ3n) is 2.60. The lowest BCUT2D eigenvalue weighted by Crippen LogP contribution is -2.27. The van der Waals surface area contributed by atoms with E-state index in [1.807, 2.05) is 0 Å². The minimum atomic E-state index is -0.579. The fourth-order valence-corrected chi connectivity index (χ4v) is 2.14. The summed E-state index contributed by atoms with van der Waals surface area (Å²) < 4.78 is 6.82. The zero-order valence-corrected chi connectivity index (χ0v) is 14.3. The maximum Gasteiger partial charge on any atom is 0.412 e. The van der Waals surface area contributed by atoms with E-state index in [9.17, 15) is 14.9 Å². The van der Waals surface area contributed by atoms with Crippen molar-refractivity contribution in [3.63, 3.8) is 0 Å². The van der Waals surface area contributed by atoms with Crippen molar-refractivity contribution in [1.29, 1.82) is 0 Å². The summed E-state index contributed by atoms with van der Waals surface area (Å²) in [7, 11) is 0. The van der Waals surface area contributed by atoms with Crippen molar-refractivity contribution in [1.82, 2.24) is 9.78 Å². The van der Waals surface area contributed by atoms with E-state index in [0.717, 1.165) is 0 Å². The number of aromatic nitrogens is 2. The average Bonchev–Trinajstić information content (AvgIpc) is 2.79. The number of anilines is 1. The van der Waals surface area contributed by atoms with Crippen LogP contribution in [0, 0.1) is 10.1 Å². The maximum atomic E-state index is 11.7. The Morgan fingerprint density at radius 1 is 1.35 bits per heavy atom. The molecule has 1 amide bonds. The fourth-order valence-electron chi connectivity index (χ4n) is 1.72. The molecule has 0 aliphatic carbocycles.